The number of aliphatic hydroxyl groups is 1. The average Bonchev–Trinajstić information content (AvgIpc) is 3.15. The molecule has 0 aliphatic heterocycles. The Bertz CT molecular complexity index is 550. The van der Waals surface area contributed by atoms with Crippen molar-refractivity contribution in [1.29, 1.82) is 0 Å². The molecule has 0 saturated carbocycles. The maximum atomic E-state index is 12.3. The second kappa shape index (κ2) is 7.61. The van der Waals surface area contributed by atoms with Crippen LogP contribution in [0.4, 0.5) is 0 Å². The lowest BCUT2D eigenvalue weighted by molar-refractivity contribution is 0.0624. The number of carbonyl (C=O) groups excluding carboxylic acids is 1. The van der Waals surface area contributed by atoms with Crippen LogP contribution in [0.3, 0.4) is 0 Å². The normalized spacial score (nSPS) is 10.8. The van der Waals surface area contributed by atoms with Crippen molar-refractivity contribution in [3.63, 3.8) is 0 Å². The fourth-order valence-corrected chi connectivity index (χ4v) is 1.92. The summed E-state index contributed by atoms with van der Waals surface area (Å²) in [6.07, 6.45) is 3.50. The van der Waals surface area contributed by atoms with Crippen LogP contribution in [0.5, 0.6) is 0 Å². The zero-order chi connectivity index (χ0) is 15.1. The van der Waals surface area contributed by atoms with Gasteiger partial charge in [-0.1, -0.05) is 0 Å². The van der Waals surface area contributed by atoms with E-state index in [1.807, 2.05) is 12.3 Å². The molecular formula is C14H19N3O4. The zero-order valence-corrected chi connectivity index (χ0v) is 11.9. The van der Waals surface area contributed by atoms with Crippen molar-refractivity contribution in [1.82, 2.24) is 14.7 Å². The minimum atomic E-state index is -0.257. The summed E-state index contributed by atoms with van der Waals surface area (Å²) >= 11 is 0. The Labute approximate surface area is 122 Å². The van der Waals surface area contributed by atoms with Crippen LogP contribution in [-0.4, -0.2) is 59.1 Å². The zero-order valence-electron chi connectivity index (χ0n) is 11.9. The highest BCUT2D eigenvalue weighted by molar-refractivity contribution is 5.91. The van der Waals surface area contributed by atoms with Crippen molar-refractivity contribution in [2.75, 3.05) is 33.4 Å². The summed E-state index contributed by atoms with van der Waals surface area (Å²) in [4.78, 5) is 13.8. The lowest BCUT2D eigenvalue weighted by Crippen LogP contribution is -2.36. The van der Waals surface area contributed by atoms with Crippen LogP contribution < -0.4 is 0 Å². The molecule has 7 heteroatoms. The second-order valence-electron chi connectivity index (χ2n) is 4.48. The largest absolute Gasteiger partial charge is 0.454 e. The molecule has 0 unspecified atom stereocenters. The molecule has 1 amide bonds. The number of carbonyl (C=O) groups is 1. The maximum Gasteiger partial charge on any atom is 0.289 e. The fourth-order valence-electron chi connectivity index (χ4n) is 1.92. The summed E-state index contributed by atoms with van der Waals surface area (Å²) in [7, 11) is 1.57. The minimum Gasteiger partial charge on any atom is -0.454 e. The topological polar surface area (TPSA) is 80.7 Å². The van der Waals surface area contributed by atoms with Gasteiger partial charge in [0, 0.05) is 32.6 Å². The van der Waals surface area contributed by atoms with Crippen LogP contribution in [0, 0.1) is 0 Å². The molecule has 0 aromatic carbocycles. The van der Waals surface area contributed by atoms with Gasteiger partial charge in [-0.3, -0.25) is 9.48 Å². The molecule has 2 aromatic heterocycles. The highest BCUT2D eigenvalue weighted by Crippen LogP contribution is 2.12. The molecule has 0 saturated heterocycles. The number of hydrogen-bond donors (Lipinski definition) is 1. The van der Waals surface area contributed by atoms with E-state index in [0.717, 1.165) is 0 Å². The van der Waals surface area contributed by atoms with Crippen molar-refractivity contribution in [3.8, 4) is 0 Å². The van der Waals surface area contributed by atoms with Crippen LogP contribution in [0.1, 0.15) is 16.3 Å². The maximum absolute atomic E-state index is 12.3. The van der Waals surface area contributed by atoms with E-state index in [4.69, 9.17) is 14.3 Å². The van der Waals surface area contributed by atoms with E-state index in [0.29, 0.717) is 25.5 Å². The van der Waals surface area contributed by atoms with Gasteiger partial charge in [-0.25, -0.2) is 0 Å². The van der Waals surface area contributed by atoms with Crippen LogP contribution in [0.25, 0.3) is 0 Å². The number of aliphatic hydroxyl groups excluding tert-OH is 1. The summed E-state index contributed by atoms with van der Waals surface area (Å²) in [6.45, 7) is 1.43. The molecule has 1 N–H and O–H groups in total. The van der Waals surface area contributed by atoms with Gasteiger partial charge in [0.1, 0.15) is 5.76 Å². The van der Waals surface area contributed by atoms with E-state index in [1.165, 1.54) is 4.90 Å². The Kier molecular flexibility index (Phi) is 5.53. The third-order valence-corrected chi connectivity index (χ3v) is 2.97. The fraction of sp³-hybridized carbons (Fsp3) is 0.429. The first-order valence-electron chi connectivity index (χ1n) is 6.70. The Morgan fingerprint density at radius 3 is 3.00 bits per heavy atom. The Morgan fingerprint density at radius 2 is 2.33 bits per heavy atom. The van der Waals surface area contributed by atoms with E-state index in [9.17, 15) is 4.79 Å². The molecule has 0 aliphatic rings. The van der Waals surface area contributed by atoms with Crippen molar-refractivity contribution in [2.45, 2.75) is 6.54 Å². The molecule has 2 heterocycles. The minimum absolute atomic E-state index is 0.101. The van der Waals surface area contributed by atoms with Gasteiger partial charge in [-0.2, -0.15) is 5.10 Å². The molecule has 0 bridgehead atoms. The van der Waals surface area contributed by atoms with E-state index < -0.39 is 0 Å². The first kappa shape index (κ1) is 15.3. The van der Waals surface area contributed by atoms with Crippen LogP contribution in [0.2, 0.25) is 0 Å². The predicted octanol–water partition coefficient (Wildman–Crippen LogP) is 0.605. The van der Waals surface area contributed by atoms with Gasteiger partial charge in [-0.05, 0) is 18.2 Å². The number of methoxy groups -OCH3 is 1. The van der Waals surface area contributed by atoms with Gasteiger partial charge in [0.05, 0.1) is 19.8 Å². The number of hydrogen-bond acceptors (Lipinski definition) is 5. The van der Waals surface area contributed by atoms with E-state index in [1.54, 1.807) is 30.1 Å². The molecule has 0 spiro atoms. The standard InChI is InChI=1S/C14H19N3O4/c1-20-10-8-16(7-9-18)14(19)13-4-3-12(21-13)11-17-6-2-5-15-17/h2-6,18H,7-11H2,1H3. The third-order valence-electron chi connectivity index (χ3n) is 2.97. The summed E-state index contributed by atoms with van der Waals surface area (Å²) in [5, 5.41) is 13.1. The summed E-state index contributed by atoms with van der Waals surface area (Å²) < 4.78 is 12.2. The van der Waals surface area contributed by atoms with Crippen molar-refractivity contribution >= 4 is 5.91 Å². The molecule has 0 fully saturated rings. The van der Waals surface area contributed by atoms with E-state index in [-0.39, 0.29) is 24.8 Å². The number of rotatable bonds is 8. The lowest BCUT2D eigenvalue weighted by Gasteiger charge is -2.19. The number of nitrogens with zero attached hydrogens (tertiary/aromatic N) is 3. The van der Waals surface area contributed by atoms with Crippen molar-refractivity contribution < 1.29 is 19.1 Å². The molecule has 2 rings (SSSR count). The first-order chi connectivity index (χ1) is 10.2. The van der Waals surface area contributed by atoms with Gasteiger partial charge in [0.25, 0.3) is 5.91 Å². The Balaban J connectivity index is 2.02. The highest BCUT2D eigenvalue weighted by atomic mass is 16.5. The van der Waals surface area contributed by atoms with Gasteiger partial charge in [0.15, 0.2) is 5.76 Å². The average molecular weight is 293 g/mol. The molecule has 0 atom stereocenters. The Morgan fingerprint density at radius 1 is 1.48 bits per heavy atom. The molecule has 0 aliphatic carbocycles. The number of aromatic nitrogens is 2. The molecule has 7 nitrogen and oxygen atoms in total. The molecule has 21 heavy (non-hydrogen) atoms. The highest BCUT2D eigenvalue weighted by Gasteiger charge is 2.18. The van der Waals surface area contributed by atoms with Crippen molar-refractivity contribution in [2.24, 2.45) is 0 Å². The van der Waals surface area contributed by atoms with Gasteiger partial charge < -0.3 is 19.2 Å². The molecule has 0 radical (unpaired) electrons. The number of ether oxygens (including phenoxy) is 1. The van der Waals surface area contributed by atoms with E-state index >= 15 is 0 Å². The quantitative estimate of drug-likeness (QED) is 0.771. The SMILES string of the molecule is COCCN(CCO)C(=O)c1ccc(Cn2cccn2)o1. The third kappa shape index (κ3) is 4.17. The first-order valence-corrected chi connectivity index (χ1v) is 6.70. The van der Waals surface area contributed by atoms with Gasteiger partial charge in [0.2, 0.25) is 0 Å². The van der Waals surface area contributed by atoms with Gasteiger partial charge >= 0.3 is 0 Å². The summed E-state index contributed by atoms with van der Waals surface area (Å²) in [5.41, 5.74) is 0. The molecule has 2 aromatic rings. The lowest BCUT2D eigenvalue weighted by atomic mass is 10.3. The monoisotopic (exact) mass is 293 g/mol. The van der Waals surface area contributed by atoms with Crippen molar-refractivity contribution in [3.05, 3.63) is 42.1 Å². The van der Waals surface area contributed by atoms with Gasteiger partial charge in [-0.15, -0.1) is 0 Å². The Hall–Kier alpha value is -2.12. The summed E-state index contributed by atoms with van der Waals surface area (Å²) in [5.74, 6) is 0.646. The second-order valence-corrected chi connectivity index (χ2v) is 4.48. The summed E-state index contributed by atoms with van der Waals surface area (Å²) in [6, 6.07) is 5.21. The van der Waals surface area contributed by atoms with Crippen LogP contribution in [-0.2, 0) is 11.3 Å². The number of furan rings is 1. The smallest absolute Gasteiger partial charge is 0.289 e. The molecule has 114 valence electrons. The molecular weight excluding hydrogens is 274 g/mol. The van der Waals surface area contributed by atoms with Crippen LogP contribution >= 0.6 is 0 Å². The predicted molar refractivity (Wildman–Crippen MR) is 74.9 cm³/mol. The van der Waals surface area contributed by atoms with E-state index in [2.05, 4.69) is 5.10 Å². The van der Waals surface area contributed by atoms with Crippen LogP contribution in [0.15, 0.2) is 35.0 Å². The number of amides is 1.